The van der Waals surface area contributed by atoms with Crippen LogP contribution in [0.3, 0.4) is 0 Å². The van der Waals surface area contributed by atoms with Crippen LogP contribution in [0, 0.1) is 13.8 Å². The molecule has 1 amide bonds. The molecule has 2 aromatic rings. The Morgan fingerprint density at radius 1 is 1.32 bits per heavy atom. The normalized spacial score (nSPS) is 10.6. The van der Waals surface area contributed by atoms with Crippen LogP contribution < -0.4 is 4.74 Å². The third kappa shape index (κ3) is 5.48. The Bertz CT molecular complexity index is 749. The standard InChI is InChI=1S/C20H27N3O2/c1-15(2)14-25-19-9-6-8-18(13-19)20(24)22(5)10-7-11-23-17(4)12-16(3)21-23/h6,8-9,12-13H,1,7,10-11,14H2,2-5H3. The topological polar surface area (TPSA) is 47.4 Å². The zero-order valence-corrected chi connectivity index (χ0v) is 15.6. The number of amides is 1. The SMILES string of the molecule is C=C(C)COc1cccc(C(=O)N(C)CCCn2nc(C)cc2C)c1. The molecule has 25 heavy (non-hydrogen) atoms. The summed E-state index contributed by atoms with van der Waals surface area (Å²) in [4.78, 5) is 14.3. The first-order chi connectivity index (χ1) is 11.9. The molecule has 1 aromatic heterocycles. The Morgan fingerprint density at radius 2 is 2.08 bits per heavy atom. The summed E-state index contributed by atoms with van der Waals surface area (Å²) < 4.78 is 7.60. The number of aromatic nitrogens is 2. The van der Waals surface area contributed by atoms with Crippen LogP contribution in [0.25, 0.3) is 0 Å². The molecule has 2 rings (SSSR count). The fourth-order valence-corrected chi connectivity index (χ4v) is 2.61. The number of hydrogen-bond donors (Lipinski definition) is 0. The molecule has 0 unspecified atom stereocenters. The highest BCUT2D eigenvalue weighted by atomic mass is 16.5. The molecule has 5 heteroatoms. The molecule has 0 atom stereocenters. The fourth-order valence-electron chi connectivity index (χ4n) is 2.61. The van der Waals surface area contributed by atoms with Gasteiger partial charge < -0.3 is 9.64 Å². The van der Waals surface area contributed by atoms with Crippen molar-refractivity contribution in [3.05, 3.63) is 59.4 Å². The molecule has 0 saturated carbocycles. The molecular formula is C20H27N3O2. The summed E-state index contributed by atoms with van der Waals surface area (Å²) in [6.07, 6.45) is 0.857. The number of carbonyl (C=O) groups is 1. The fraction of sp³-hybridized carbons (Fsp3) is 0.400. The van der Waals surface area contributed by atoms with E-state index in [1.54, 1.807) is 11.0 Å². The first-order valence-corrected chi connectivity index (χ1v) is 8.50. The second-order valence-corrected chi connectivity index (χ2v) is 6.50. The van der Waals surface area contributed by atoms with Gasteiger partial charge in [-0.25, -0.2) is 0 Å². The van der Waals surface area contributed by atoms with Crippen LogP contribution in [-0.4, -0.2) is 40.8 Å². The predicted molar refractivity (Wildman–Crippen MR) is 100 cm³/mol. The molecule has 134 valence electrons. The van der Waals surface area contributed by atoms with Gasteiger partial charge in [-0.05, 0) is 57.0 Å². The number of benzene rings is 1. The third-order valence-electron chi connectivity index (χ3n) is 3.88. The smallest absolute Gasteiger partial charge is 0.253 e. The summed E-state index contributed by atoms with van der Waals surface area (Å²) in [5.41, 5.74) is 3.74. The van der Waals surface area contributed by atoms with Crippen molar-refractivity contribution in [2.45, 2.75) is 33.7 Å². The van der Waals surface area contributed by atoms with Crippen molar-refractivity contribution in [1.82, 2.24) is 14.7 Å². The second-order valence-electron chi connectivity index (χ2n) is 6.50. The molecular weight excluding hydrogens is 314 g/mol. The minimum absolute atomic E-state index is 0.00542. The summed E-state index contributed by atoms with van der Waals surface area (Å²) in [5.74, 6) is 0.680. The molecule has 0 saturated heterocycles. The van der Waals surface area contributed by atoms with Crippen LogP contribution >= 0.6 is 0 Å². The molecule has 0 aliphatic heterocycles. The van der Waals surface area contributed by atoms with Gasteiger partial charge >= 0.3 is 0 Å². The number of nitrogens with zero attached hydrogens (tertiary/aromatic N) is 3. The zero-order valence-electron chi connectivity index (χ0n) is 15.6. The largest absolute Gasteiger partial charge is 0.489 e. The van der Waals surface area contributed by atoms with Crippen molar-refractivity contribution in [3.63, 3.8) is 0 Å². The molecule has 0 aliphatic carbocycles. The second kappa shape index (κ2) is 8.51. The maximum atomic E-state index is 12.6. The Morgan fingerprint density at radius 3 is 2.72 bits per heavy atom. The molecule has 0 bridgehead atoms. The van der Waals surface area contributed by atoms with Gasteiger partial charge in [0.15, 0.2) is 0 Å². The van der Waals surface area contributed by atoms with E-state index in [0.717, 1.165) is 29.9 Å². The minimum Gasteiger partial charge on any atom is -0.489 e. The molecule has 1 heterocycles. The molecule has 5 nitrogen and oxygen atoms in total. The number of aryl methyl sites for hydroxylation is 3. The molecule has 0 spiro atoms. The Labute approximate surface area is 149 Å². The van der Waals surface area contributed by atoms with Gasteiger partial charge in [0.2, 0.25) is 0 Å². The van der Waals surface area contributed by atoms with Crippen molar-refractivity contribution in [2.24, 2.45) is 0 Å². The van der Waals surface area contributed by atoms with Crippen LogP contribution in [0.15, 0.2) is 42.5 Å². The quantitative estimate of drug-likeness (QED) is 0.689. The summed E-state index contributed by atoms with van der Waals surface area (Å²) in [5, 5.41) is 4.45. The van der Waals surface area contributed by atoms with Crippen molar-refractivity contribution in [3.8, 4) is 5.75 Å². The minimum atomic E-state index is -0.00542. The lowest BCUT2D eigenvalue weighted by Gasteiger charge is -2.18. The van der Waals surface area contributed by atoms with Crippen molar-refractivity contribution in [1.29, 1.82) is 0 Å². The van der Waals surface area contributed by atoms with E-state index < -0.39 is 0 Å². The van der Waals surface area contributed by atoms with Crippen LogP contribution in [0.1, 0.15) is 35.1 Å². The molecule has 0 N–H and O–H groups in total. The van der Waals surface area contributed by atoms with E-state index in [1.807, 2.05) is 50.7 Å². The Hall–Kier alpha value is -2.56. The number of hydrogen-bond acceptors (Lipinski definition) is 3. The summed E-state index contributed by atoms with van der Waals surface area (Å²) in [6.45, 7) is 11.7. The lowest BCUT2D eigenvalue weighted by Crippen LogP contribution is -2.28. The average molecular weight is 341 g/mol. The summed E-state index contributed by atoms with van der Waals surface area (Å²) >= 11 is 0. The predicted octanol–water partition coefficient (Wildman–Crippen LogP) is 3.62. The maximum absolute atomic E-state index is 12.6. The first kappa shape index (κ1) is 18.8. The van der Waals surface area contributed by atoms with Gasteiger partial charge in [0, 0.05) is 31.4 Å². The number of ether oxygens (including phenoxy) is 1. The third-order valence-corrected chi connectivity index (χ3v) is 3.88. The lowest BCUT2D eigenvalue weighted by molar-refractivity contribution is 0.0791. The van der Waals surface area contributed by atoms with Crippen LogP contribution in [0.5, 0.6) is 5.75 Å². The Kier molecular flexibility index (Phi) is 6.39. The van der Waals surface area contributed by atoms with E-state index in [9.17, 15) is 4.79 Å². The van der Waals surface area contributed by atoms with Crippen LogP contribution in [0.2, 0.25) is 0 Å². The molecule has 0 radical (unpaired) electrons. The van der Waals surface area contributed by atoms with Crippen molar-refractivity contribution in [2.75, 3.05) is 20.2 Å². The number of rotatable bonds is 8. The van der Waals surface area contributed by atoms with Gasteiger partial charge in [-0.15, -0.1) is 0 Å². The van der Waals surface area contributed by atoms with E-state index in [2.05, 4.69) is 17.7 Å². The molecule has 0 fully saturated rings. The van der Waals surface area contributed by atoms with Gasteiger partial charge in [0.25, 0.3) is 5.91 Å². The van der Waals surface area contributed by atoms with Gasteiger partial charge in [-0.1, -0.05) is 12.6 Å². The zero-order chi connectivity index (χ0) is 18.4. The van der Waals surface area contributed by atoms with Crippen molar-refractivity contribution >= 4 is 5.91 Å². The Balaban J connectivity index is 1.89. The molecule has 1 aromatic carbocycles. The highest BCUT2D eigenvalue weighted by Gasteiger charge is 2.12. The van der Waals surface area contributed by atoms with E-state index in [1.165, 1.54) is 0 Å². The summed E-state index contributed by atoms with van der Waals surface area (Å²) in [7, 11) is 1.82. The average Bonchev–Trinajstić information content (AvgIpc) is 2.90. The summed E-state index contributed by atoms with van der Waals surface area (Å²) in [6, 6.07) is 9.34. The van der Waals surface area contributed by atoms with E-state index in [4.69, 9.17) is 4.74 Å². The van der Waals surface area contributed by atoms with Gasteiger partial charge in [0.1, 0.15) is 12.4 Å². The van der Waals surface area contributed by atoms with E-state index >= 15 is 0 Å². The monoisotopic (exact) mass is 341 g/mol. The van der Waals surface area contributed by atoms with Crippen LogP contribution in [0.4, 0.5) is 0 Å². The van der Waals surface area contributed by atoms with Crippen molar-refractivity contribution < 1.29 is 9.53 Å². The van der Waals surface area contributed by atoms with E-state index in [0.29, 0.717) is 24.5 Å². The lowest BCUT2D eigenvalue weighted by atomic mass is 10.2. The highest BCUT2D eigenvalue weighted by molar-refractivity contribution is 5.94. The van der Waals surface area contributed by atoms with Gasteiger partial charge in [-0.2, -0.15) is 5.10 Å². The van der Waals surface area contributed by atoms with E-state index in [-0.39, 0.29) is 5.91 Å². The molecule has 0 aliphatic rings. The van der Waals surface area contributed by atoms with Gasteiger partial charge in [-0.3, -0.25) is 9.48 Å². The van der Waals surface area contributed by atoms with Crippen LogP contribution in [-0.2, 0) is 6.54 Å². The maximum Gasteiger partial charge on any atom is 0.253 e. The highest BCUT2D eigenvalue weighted by Crippen LogP contribution is 2.15. The van der Waals surface area contributed by atoms with Gasteiger partial charge in [0.05, 0.1) is 5.69 Å². The first-order valence-electron chi connectivity index (χ1n) is 8.50. The number of carbonyl (C=O) groups excluding carboxylic acids is 1.